The van der Waals surface area contributed by atoms with E-state index in [0.29, 0.717) is 35.5 Å². The first-order valence-corrected chi connectivity index (χ1v) is 26.8. The van der Waals surface area contributed by atoms with Crippen LogP contribution in [0.25, 0.3) is 0 Å². The van der Waals surface area contributed by atoms with E-state index >= 15 is 0 Å². The molecule has 13 heteroatoms. The molecule has 356 valence electrons. The van der Waals surface area contributed by atoms with E-state index in [1.165, 1.54) is 134 Å². The van der Waals surface area contributed by atoms with Crippen molar-refractivity contribution in [2.45, 2.75) is 191 Å². The normalized spacial score (nSPS) is 11.4. The number of phenolic OH excluding ortho intramolecular Hbond substituents is 1. The van der Waals surface area contributed by atoms with Crippen LogP contribution in [0.15, 0.2) is 94.7 Å². The second-order valence-corrected chi connectivity index (χ2v) is 19.5. The average Bonchev–Trinajstić information content (AvgIpc) is 3.26. The molecule has 10 nitrogen and oxygen atoms in total. The maximum atomic E-state index is 12.3. The van der Waals surface area contributed by atoms with Gasteiger partial charge in [0.1, 0.15) is 32.3 Å². The van der Waals surface area contributed by atoms with Gasteiger partial charge in [-0.05, 0) is 67.1 Å². The first-order chi connectivity index (χ1) is 30.9. The summed E-state index contributed by atoms with van der Waals surface area (Å²) in [6, 6.07) is 22.7. The van der Waals surface area contributed by atoms with Crippen LogP contribution in [0.2, 0.25) is 0 Å². The van der Waals surface area contributed by atoms with Gasteiger partial charge in [0.2, 0.25) is 0 Å². The molecule has 0 saturated heterocycles. The van der Waals surface area contributed by atoms with E-state index in [0.717, 1.165) is 38.5 Å². The Morgan fingerprint density at radius 2 is 0.800 bits per heavy atom. The van der Waals surface area contributed by atoms with Crippen LogP contribution >= 0.6 is 0 Å². The third-order valence-electron chi connectivity index (χ3n) is 11.4. The summed E-state index contributed by atoms with van der Waals surface area (Å²) < 4.78 is 81.1. The Kier molecular flexibility index (Phi) is 30.1. The number of para-hydroxylation sites is 2. The van der Waals surface area contributed by atoms with Gasteiger partial charge < -0.3 is 24.2 Å². The molecule has 0 aliphatic heterocycles. The molecule has 4 rings (SSSR count). The molecule has 0 aliphatic rings. The monoisotopic (exact) mass is 962 g/mol. The van der Waals surface area contributed by atoms with Gasteiger partial charge >= 0.3 is 37.7 Å². The maximum absolute atomic E-state index is 12.3. The standard InChI is InChI=1S/2C26H38O5S.Ca/c2*1-2-3-4-5-6-7-8-9-10-11-12-14-17-22-20-21-24(27)25(26(22)32(28,29)30)31-23-18-15-13-16-19-23;/h2*13,15-16,18-21,27H,2-12,14,17H2,1H3,(H,28,29,30);/q;;+2/p-2. The van der Waals surface area contributed by atoms with Crippen molar-refractivity contribution in [3.05, 3.63) is 96.1 Å². The molecule has 2 N–H and O–H groups in total. The SMILES string of the molecule is CCCCCCCCCCCCCCc1ccc(O)c(Oc2ccccc2)c1S(=O)(=O)O.CCCCCCCCCCCCCCc1ccc([O-])c(Oc2ccccc2)c1S(=O)(=O)[O-].[Ca+2]. The number of unbranched alkanes of at least 4 members (excludes halogenated alkanes) is 22. The summed E-state index contributed by atoms with van der Waals surface area (Å²) in [5.41, 5.74) is 0.820. The van der Waals surface area contributed by atoms with Crippen LogP contribution in [0.3, 0.4) is 0 Å². The Balaban J connectivity index is 0.000000440. The Labute approximate surface area is 421 Å². The number of aromatic hydroxyl groups is 1. The number of hydrogen-bond donors (Lipinski definition) is 2. The van der Waals surface area contributed by atoms with E-state index < -0.39 is 36.6 Å². The zero-order valence-electron chi connectivity index (χ0n) is 39.2. The van der Waals surface area contributed by atoms with Crippen LogP contribution in [0, 0.1) is 0 Å². The fraction of sp³-hybridized carbons (Fsp3) is 0.538. The molecule has 4 aromatic rings. The molecule has 0 amide bonds. The molecule has 0 saturated carbocycles. The molecule has 0 unspecified atom stereocenters. The van der Waals surface area contributed by atoms with Gasteiger partial charge in [0.25, 0.3) is 10.1 Å². The van der Waals surface area contributed by atoms with Gasteiger partial charge in [0.15, 0.2) is 11.5 Å². The Morgan fingerprint density at radius 3 is 1.17 bits per heavy atom. The third kappa shape index (κ3) is 23.6. The van der Waals surface area contributed by atoms with E-state index in [2.05, 4.69) is 13.8 Å². The summed E-state index contributed by atoms with van der Waals surface area (Å²) in [4.78, 5) is -0.860. The zero-order chi connectivity index (χ0) is 46.5. The second-order valence-electron chi connectivity index (χ2n) is 16.8. The van der Waals surface area contributed by atoms with Crippen molar-refractivity contribution in [3.8, 4) is 34.5 Å². The molecule has 0 bridgehead atoms. The zero-order valence-corrected chi connectivity index (χ0v) is 43.0. The summed E-state index contributed by atoms with van der Waals surface area (Å²) in [5, 5.41) is 22.5. The van der Waals surface area contributed by atoms with Crippen molar-refractivity contribution in [2.24, 2.45) is 0 Å². The van der Waals surface area contributed by atoms with E-state index in [1.54, 1.807) is 66.7 Å². The number of phenols is 1. The van der Waals surface area contributed by atoms with Crippen molar-refractivity contribution in [2.75, 3.05) is 0 Å². The third-order valence-corrected chi connectivity index (χ3v) is 13.3. The van der Waals surface area contributed by atoms with Gasteiger partial charge in [-0.3, -0.25) is 4.55 Å². The molecular weight excluding hydrogens is 889 g/mol. The Hall–Kier alpha value is -2.84. The molecule has 4 aromatic carbocycles. The molecule has 0 fully saturated rings. The van der Waals surface area contributed by atoms with Crippen LogP contribution in [0.1, 0.15) is 179 Å². The number of rotatable bonds is 32. The van der Waals surface area contributed by atoms with Crippen LogP contribution in [0.4, 0.5) is 0 Å². The minimum Gasteiger partial charge on any atom is -0.870 e. The second kappa shape index (κ2) is 33.6. The van der Waals surface area contributed by atoms with Crippen LogP contribution < -0.4 is 14.6 Å². The number of benzene rings is 4. The van der Waals surface area contributed by atoms with Gasteiger partial charge in [0, 0.05) is 0 Å². The fourth-order valence-electron chi connectivity index (χ4n) is 7.85. The summed E-state index contributed by atoms with van der Waals surface area (Å²) in [6.07, 6.45) is 30.0. The summed E-state index contributed by atoms with van der Waals surface area (Å²) in [7, 11) is -9.41. The molecule has 0 aliphatic carbocycles. The molecular formula is C52H74CaO10S2. The van der Waals surface area contributed by atoms with Gasteiger partial charge in [-0.15, -0.1) is 0 Å². The van der Waals surface area contributed by atoms with Crippen molar-refractivity contribution in [3.63, 3.8) is 0 Å². The fourth-order valence-corrected chi connectivity index (χ4v) is 9.59. The van der Waals surface area contributed by atoms with Crippen molar-refractivity contribution < 1.29 is 45.6 Å². The van der Waals surface area contributed by atoms with Crippen molar-refractivity contribution in [1.29, 1.82) is 0 Å². The topological polar surface area (TPSA) is 173 Å². The summed E-state index contributed by atoms with van der Waals surface area (Å²) in [6.45, 7) is 4.47. The Bertz CT molecular complexity index is 1950. The predicted octanol–water partition coefficient (Wildman–Crippen LogP) is 14.0. The molecule has 0 aromatic heterocycles. The molecule has 65 heavy (non-hydrogen) atoms. The van der Waals surface area contributed by atoms with Crippen LogP contribution in [-0.4, -0.2) is 68.8 Å². The predicted molar refractivity (Wildman–Crippen MR) is 260 cm³/mol. The number of ether oxygens (including phenoxy) is 2. The van der Waals surface area contributed by atoms with Gasteiger partial charge in [-0.25, -0.2) is 8.42 Å². The smallest absolute Gasteiger partial charge is 0.870 e. The summed E-state index contributed by atoms with van der Waals surface area (Å²) >= 11 is 0. The first-order valence-electron chi connectivity index (χ1n) is 23.9. The van der Waals surface area contributed by atoms with Gasteiger partial charge in [-0.1, -0.05) is 215 Å². The van der Waals surface area contributed by atoms with Crippen molar-refractivity contribution in [1.82, 2.24) is 0 Å². The molecule has 0 heterocycles. The van der Waals surface area contributed by atoms with E-state index in [1.807, 2.05) is 0 Å². The minimum absolute atomic E-state index is 0. The van der Waals surface area contributed by atoms with E-state index in [9.17, 15) is 36.2 Å². The van der Waals surface area contributed by atoms with Gasteiger partial charge in [-0.2, -0.15) is 8.42 Å². The van der Waals surface area contributed by atoms with Gasteiger partial charge in [0.05, 0.1) is 4.90 Å². The minimum atomic E-state index is -4.85. The molecule has 0 radical (unpaired) electrons. The summed E-state index contributed by atoms with van der Waals surface area (Å²) in [5.74, 6) is -0.855. The molecule has 0 spiro atoms. The number of aryl methyl sites for hydroxylation is 2. The largest absolute Gasteiger partial charge is 2.00 e. The maximum Gasteiger partial charge on any atom is 2.00 e. The van der Waals surface area contributed by atoms with Crippen LogP contribution in [0.5, 0.6) is 34.5 Å². The average molecular weight is 963 g/mol. The first kappa shape index (κ1) is 58.3. The number of hydrogen-bond acceptors (Lipinski definition) is 9. The van der Waals surface area contributed by atoms with E-state index in [-0.39, 0.29) is 54.1 Å². The molecule has 0 atom stereocenters. The van der Waals surface area contributed by atoms with Crippen LogP contribution in [-0.2, 0) is 33.1 Å². The Morgan fingerprint density at radius 1 is 0.462 bits per heavy atom. The quantitative estimate of drug-likeness (QED) is 0.0272. The van der Waals surface area contributed by atoms with E-state index in [4.69, 9.17) is 9.47 Å². The van der Waals surface area contributed by atoms with Crippen molar-refractivity contribution >= 4 is 58.0 Å².